The smallest absolute Gasteiger partial charge is 0.321 e. The fourth-order valence-corrected chi connectivity index (χ4v) is 3.26. The van der Waals surface area contributed by atoms with E-state index in [1.807, 2.05) is 11.4 Å². The van der Waals surface area contributed by atoms with Gasteiger partial charge in [0.25, 0.3) is 0 Å². The number of imide groups is 1. The average Bonchev–Trinajstić information content (AvgIpc) is 2.78. The van der Waals surface area contributed by atoms with Crippen LogP contribution in [0.4, 0.5) is 4.79 Å². The molecule has 18 heavy (non-hydrogen) atoms. The van der Waals surface area contributed by atoms with Gasteiger partial charge in [0.15, 0.2) is 0 Å². The summed E-state index contributed by atoms with van der Waals surface area (Å²) in [6, 6.07) is 1.63. The predicted octanol–water partition coefficient (Wildman–Crippen LogP) is 2.58. The number of amides is 3. The molecule has 98 valence electrons. The number of carbonyl (C=O) groups excluding carboxylic acids is 2. The van der Waals surface area contributed by atoms with Crippen LogP contribution in [-0.2, 0) is 11.2 Å². The first-order valence-electron chi connectivity index (χ1n) is 5.93. The molecule has 0 fully saturated rings. The van der Waals surface area contributed by atoms with Crippen LogP contribution in [0.2, 0.25) is 0 Å². The van der Waals surface area contributed by atoms with Gasteiger partial charge in [-0.3, -0.25) is 10.1 Å². The molecule has 1 heterocycles. The quantitative estimate of drug-likeness (QED) is 0.839. The van der Waals surface area contributed by atoms with Crippen LogP contribution < -0.4 is 10.6 Å². The van der Waals surface area contributed by atoms with E-state index in [-0.39, 0.29) is 24.2 Å². The topological polar surface area (TPSA) is 58.2 Å². The van der Waals surface area contributed by atoms with Crippen molar-refractivity contribution < 1.29 is 9.59 Å². The number of thiophene rings is 1. The second kappa shape index (κ2) is 6.20. The average molecular weight is 287 g/mol. The number of rotatable bonds is 3. The zero-order valence-corrected chi connectivity index (χ0v) is 11.4. The van der Waals surface area contributed by atoms with E-state index in [0.717, 1.165) is 19.3 Å². The number of hydrogen-bond donors (Lipinski definition) is 2. The summed E-state index contributed by atoms with van der Waals surface area (Å²) in [6.45, 7) is 0. The fraction of sp³-hybridized carbons (Fsp3) is 0.500. The Morgan fingerprint density at radius 2 is 2.33 bits per heavy atom. The third kappa shape index (κ3) is 3.23. The monoisotopic (exact) mass is 286 g/mol. The van der Waals surface area contributed by atoms with Crippen molar-refractivity contribution in [3.8, 4) is 0 Å². The zero-order chi connectivity index (χ0) is 13.0. The second-order valence-corrected chi connectivity index (χ2v) is 5.58. The molecule has 1 aliphatic carbocycles. The third-order valence-electron chi connectivity index (χ3n) is 2.93. The van der Waals surface area contributed by atoms with Gasteiger partial charge in [0.2, 0.25) is 5.91 Å². The number of alkyl halides is 1. The van der Waals surface area contributed by atoms with Crippen molar-refractivity contribution in [2.24, 2.45) is 0 Å². The number of nitrogens with one attached hydrogen (secondary N) is 2. The lowest BCUT2D eigenvalue weighted by atomic mass is 9.94. The van der Waals surface area contributed by atoms with Crippen molar-refractivity contribution in [1.29, 1.82) is 0 Å². The van der Waals surface area contributed by atoms with Gasteiger partial charge in [-0.1, -0.05) is 0 Å². The van der Waals surface area contributed by atoms with Crippen LogP contribution in [0, 0.1) is 0 Å². The Morgan fingerprint density at radius 1 is 1.50 bits per heavy atom. The molecule has 0 radical (unpaired) electrons. The van der Waals surface area contributed by atoms with Gasteiger partial charge in [-0.2, -0.15) is 0 Å². The highest BCUT2D eigenvalue weighted by molar-refractivity contribution is 7.10. The maximum absolute atomic E-state index is 11.6. The summed E-state index contributed by atoms with van der Waals surface area (Å²) in [7, 11) is 0. The van der Waals surface area contributed by atoms with Crippen molar-refractivity contribution >= 4 is 34.9 Å². The van der Waals surface area contributed by atoms with Crippen LogP contribution in [0.5, 0.6) is 0 Å². The molecule has 3 amide bonds. The largest absolute Gasteiger partial charge is 0.331 e. The molecule has 0 spiro atoms. The van der Waals surface area contributed by atoms with Crippen LogP contribution in [0.3, 0.4) is 0 Å². The summed E-state index contributed by atoms with van der Waals surface area (Å²) in [5, 5.41) is 7.17. The van der Waals surface area contributed by atoms with Gasteiger partial charge < -0.3 is 5.32 Å². The lowest BCUT2D eigenvalue weighted by Crippen LogP contribution is -2.41. The van der Waals surface area contributed by atoms with E-state index in [2.05, 4.69) is 10.6 Å². The molecule has 0 aromatic carbocycles. The maximum atomic E-state index is 11.6. The van der Waals surface area contributed by atoms with Crippen LogP contribution >= 0.6 is 22.9 Å². The molecular formula is C12H15ClN2O2S. The first kappa shape index (κ1) is 13.4. The van der Waals surface area contributed by atoms with E-state index in [1.165, 1.54) is 10.4 Å². The van der Waals surface area contributed by atoms with E-state index >= 15 is 0 Å². The Kier molecular flexibility index (Phi) is 4.60. The predicted molar refractivity (Wildman–Crippen MR) is 72.0 cm³/mol. The lowest BCUT2D eigenvalue weighted by Gasteiger charge is -2.23. The van der Waals surface area contributed by atoms with Crippen LogP contribution in [0.1, 0.15) is 35.7 Å². The van der Waals surface area contributed by atoms with E-state index in [9.17, 15) is 9.59 Å². The molecule has 2 rings (SSSR count). The number of urea groups is 1. The minimum absolute atomic E-state index is 0.0174. The molecule has 1 aromatic rings. The van der Waals surface area contributed by atoms with Crippen molar-refractivity contribution in [2.75, 3.05) is 5.88 Å². The minimum atomic E-state index is -0.436. The molecule has 6 heteroatoms. The van der Waals surface area contributed by atoms with Crippen molar-refractivity contribution in [2.45, 2.75) is 31.7 Å². The van der Waals surface area contributed by atoms with Crippen molar-refractivity contribution in [3.05, 3.63) is 21.9 Å². The molecular weight excluding hydrogens is 272 g/mol. The molecule has 2 N–H and O–H groups in total. The van der Waals surface area contributed by atoms with Gasteiger partial charge in [-0.15, -0.1) is 22.9 Å². The molecule has 0 bridgehead atoms. The summed E-state index contributed by atoms with van der Waals surface area (Å²) in [5.41, 5.74) is 1.19. The summed E-state index contributed by atoms with van der Waals surface area (Å²) >= 11 is 7.15. The second-order valence-electron chi connectivity index (χ2n) is 4.20. The Morgan fingerprint density at radius 3 is 3.11 bits per heavy atom. The summed E-state index contributed by atoms with van der Waals surface area (Å²) < 4.78 is 0. The number of carbonyl (C=O) groups is 2. The third-order valence-corrected chi connectivity index (χ3v) is 4.12. The highest BCUT2D eigenvalue weighted by atomic mass is 35.5. The Bertz CT molecular complexity index is 447. The van der Waals surface area contributed by atoms with Gasteiger partial charge in [0.05, 0.1) is 6.04 Å². The summed E-state index contributed by atoms with van der Waals surface area (Å²) in [4.78, 5) is 24.2. The summed E-state index contributed by atoms with van der Waals surface area (Å²) in [6.07, 6.45) is 3.22. The van der Waals surface area contributed by atoms with E-state index in [1.54, 1.807) is 11.3 Å². The van der Waals surface area contributed by atoms with Crippen molar-refractivity contribution in [3.63, 3.8) is 0 Å². The normalized spacial score (nSPS) is 17.9. The van der Waals surface area contributed by atoms with Gasteiger partial charge in [-0.05, 0) is 36.3 Å². The van der Waals surface area contributed by atoms with Gasteiger partial charge in [0, 0.05) is 17.2 Å². The molecule has 1 unspecified atom stereocenters. The van der Waals surface area contributed by atoms with Crippen LogP contribution in [-0.4, -0.2) is 17.8 Å². The molecule has 1 aromatic heterocycles. The number of aryl methyl sites for hydroxylation is 1. The highest BCUT2D eigenvalue weighted by Crippen LogP contribution is 2.33. The van der Waals surface area contributed by atoms with Gasteiger partial charge in [-0.25, -0.2) is 4.79 Å². The van der Waals surface area contributed by atoms with Crippen LogP contribution in [0.15, 0.2) is 11.4 Å². The number of halogens is 1. The Hall–Kier alpha value is -1.07. The summed E-state index contributed by atoms with van der Waals surface area (Å²) in [5.74, 6) is -0.124. The van der Waals surface area contributed by atoms with E-state index in [4.69, 9.17) is 11.6 Å². The van der Waals surface area contributed by atoms with E-state index < -0.39 is 6.03 Å². The fourth-order valence-electron chi connectivity index (χ4n) is 2.11. The SMILES string of the molecule is O=C(CCCl)NC(=O)NC1CCCc2sccc21. The van der Waals surface area contributed by atoms with Crippen LogP contribution in [0.25, 0.3) is 0 Å². The van der Waals surface area contributed by atoms with Crippen molar-refractivity contribution in [1.82, 2.24) is 10.6 Å². The Balaban J connectivity index is 1.91. The standard InChI is InChI=1S/C12H15ClN2O2S/c13-6-4-11(16)15-12(17)14-9-2-1-3-10-8(9)5-7-18-10/h5,7,9H,1-4,6H2,(H2,14,15,16,17). The van der Waals surface area contributed by atoms with Gasteiger partial charge >= 0.3 is 6.03 Å². The first-order valence-corrected chi connectivity index (χ1v) is 7.34. The number of fused-ring (bicyclic) bond motifs is 1. The molecule has 0 aliphatic heterocycles. The zero-order valence-electron chi connectivity index (χ0n) is 9.87. The van der Waals surface area contributed by atoms with Gasteiger partial charge in [0.1, 0.15) is 0 Å². The Labute approximate surface area is 115 Å². The van der Waals surface area contributed by atoms with E-state index in [0.29, 0.717) is 0 Å². The molecule has 1 atom stereocenters. The maximum Gasteiger partial charge on any atom is 0.321 e. The number of hydrogen-bond acceptors (Lipinski definition) is 3. The highest BCUT2D eigenvalue weighted by Gasteiger charge is 2.23. The molecule has 4 nitrogen and oxygen atoms in total. The molecule has 1 aliphatic rings. The lowest BCUT2D eigenvalue weighted by molar-refractivity contribution is -0.119. The first-order chi connectivity index (χ1) is 8.70. The molecule has 0 saturated carbocycles. The molecule has 0 saturated heterocycles. The minimum Gasteiger partial charge on any atom is -0.331 e.